The maximum atomic E-state index is 13.7. The minimum absolute atomic E-state index is 0.00708. The van der Waals surface area contributed by atoms with Gasteiger partial charge in [-0.05, 0) is 44.4 Å². The van der Waals surface area contributed by atoms with Gasteiger partial charge in [-0.25, -0.2) is 4.39 Å². The molecule has 1 saturated heterocycles. The van der Waals surface area contributed by atoms with Crippen molar-refractivity contribution in [2.45, 2.75) is 32.2 Å². The van der Waals surface area contributed by atoms with E-state index in [-0.39, 0.29) is 23.9 Å². The van der Waals surface area contributed by atoms with Gasteiger partial charge in [0, 0.05) is 23.2 Å². The van der Waals surface area contributed by atoms with Crippen LogP contribution in [0.15, 0.2) is 18.2 Å². The Hall–Kier alpha value is -1.13. The van der Waals surface area contributed by atoms with Crippen LogP contribution in [0.25, 0.3) is 0 Å². The van der Waals surface area contributed by atoms with Crippen LogP contribution >= 0.6 is 11.6 Å². The zero-order valence-electron chi connectivity index (χ0n) is 11.6. The Morgan fingerprint density at radius 3 is 2.90 bits per heavy atom. The SMILES string of the molecule is CC1CCC(CN)CN1C(=O)Cc1c(F)cccc1Cl. The van der Waals surface area contributed by atoms with Gasteiger partial charge in [0.15, 0.2) is 0 Å². The van der Waals surface area contributed by atoms with E-state index in [0.717, 1.165) is 12.8 Å². The molecule has 0 saturated carbocycles. The highest BCUT2D eigenvalue weighted by Gasteiger charge is 2.28. The minimum atomic E-state index is -0.425. The molecule has 1 amide bonds. The van der Waals surface area contributed by atoms with Gasteiger partial charge in [-0.15, -0.1) is 0 Å². The smallest absolute Gasteiger partial charge is 0.227 e. The molecule has 0 spiro atoms. The van der Waals surface area contributed by atoms with Crippen LogP contribution in [-0.4, -0.2) is 29.9 Å². The lowest BCUT2D eigenvalue weighted by Gasteiger charge is -2.37. The number of nitrogens with two attached hydrogens (primary N) is 1. The van der Waals surface area contributed by atoms with Crippen LogP contribution in [0, 0.1) is 11.7 Å². The van der Waals surface area contributed by atoms with Crippen LogP contribution < -0.4 is 5.73 Å². The van der Waals surface area contributed by atoms with Gasteiger partial charge in [0.25, 0.3) is 0 Å². The van der Waals surface area contributed by atoms with E-state index in [2.05, 4.69) is 0 Å². The molecule has 2 rings (SSSR count). The van der Waals surface area contributed by atoms with Crippen LogP contribution in [-0.2, 0) is 11.2 Å². The van der Waals surface area contributed by atoms with E-state index < -0.39 is 5.82 Å². The first-order valence-corrected chi connectivity index (χ1v) is 7.33. The average molecular weight is 299 g/mol. The molecule has 1 aromatic carbocycles. The zero-order valence-corrected chi connectivity index (χ0v) is 12.4. The first-order chi connectivity index (χ1) is 9.52. The Labute approximate surface area is 123 Å². The molecule has 0 radical (unpaired) electrons. The van der Waals surface area contributed by atoms with Gasteiger partial charge in [-0.1, -0.05) is 17.7 Å². The minimum Gasteiger partial charge on any atom is -0.339 e. The number of amides is 1. The molecular weight excluding hydrogens is 279 g/mol. The quantitative estimate of drug-likeness (QED) is 0.932. The van der Waals surface area contributed by atoms with Gasteiger partial charge in [-0.3, -0.25) is 4.79 Å². The van der Waals surface area contributed by atoms with Gasteiger partial charge in [-0.2, -0.15) is 0 Å². The molecule has 2 N–H and O–H groups in total. The van der Waals surface area contributed by atoms with Gasteiger partial charge in [0.2, 0.25) is 5.91 Å². The highest BCUT2D eigenvalue weighted by atomic mass is 35.5. The van der Waals surface area contributed by atoms with Gasteiger partial charge >= 0.3 is 0 Å². The molecule has 5 heteroatoms. The summed E-state index contributed by atoms with van der Waals surface area (Å²) < 4.78 is 13.7. The van der Waals surface area contributed by atoms with Crippen molar-refractivity contribution in [3.63, 3.8) is 0 Å². The highest BCUT2D eigenvalue weighted by molar-refractivity contribution is 6.31. The molecule has 1 aromatic rings. The molecule has 2 unspecified atom stereocenters. The molecule has 2 atom stereocenters. The lowest BCUT2D eigenvalue weighted by atomic mass is 9.93. The summed E-state index contributed by atoms with van der Waals surface area (Å²) in [4.78, 5) is 14.2. The molecule has 110 valence electrons. The van der Waals surface area contributed by atoms with Gasteiger partial charge in [0.05, 0.1) is 6.42 Å². The lowest BCUT2D eigenvalue weighted by Crippen LogP contribution is -2.47. The second-order valence-corrected chi connectivity index (χ2v) is 5.86. The predicted octanol–water partition coefficient (Wildman–Crippen LogP) is 2.61. The number of halogens is 2. The second-order valence-electron chi connectivity index (χ2n) is 5.45. The maximum absolute atomic E-state index is 13.7. The van der Waals surface area contributed by atoms with Gasteiger partial charge in [0.1, 0.15) is 5.82 Å². The lowest BCUT2D eigenvalue weighted by molar-refractivity contribution is -0.134. The number of hydrogen-bond acceptors (Lipinski definition) is 2. The summed E-state index contributed by atoms with van der Waals surface area (Å²) in [5.41, 5.74) is 5.97. The first-order valence-electron chi connectivity index (χ1n) is 6.95. The molecular formula is C15H20ClFN2O. The third-order valence-corrected chi connectivity index (χ3v) is 4.38. The molecule has 0 aliphatic carbocycles. The molecule has 20 heavy (non-hydrogen) atoms. The van der Waals surface area contributed by atoms with E-state index in [4.69, 9.17) is 17.3 Å². The van der Waals surface area contributed by atoms with Crippen LogP contribution in [0.1, 0.15) is 25.3 Å². The molecule has 1 aliphatic rings. The number of carbonyl (C=O) groups excluding carboxylic acids is 1. The maximum Gasteiger partial charge on any atom is 0.227 e. The molecule has 0 aromatic heterocycles. The van der Waals surface area contributed by atoms with Crippen molar-refractivity contribution in [1.82, 2.24) is 4.90 Å². The molecule has 1 fully saturated rings. The second kappa shape index (κ2) is 6.55. The Morgan fingerprint density at radius 1 is 1.50 bits per heavy atom. The van der Waals surface area contributed by atoms with Crippen molar-refractivity contribution in [1.29, 1.82) is 0 Å². The van der Waals surface area contributed by atoms with E-state index in [1.807, 2.05) is 11.8 Å². The standard InChI is InChI=1S/C15H20ClFN2O/c1-10-5-6-11(8-18)9-19(10)15(20)7-12-13(16)3-2-4-14(12)17/h2-4,10-11H,5-9,18H2,1H3. The van der Waals surface area contributed by atoms with Crippen molar-refractivity contribution < 1.29 is 9.18 Å². The molecule has 1 heterocycles. The van der Waals surface area contributed by atoms with E-state index >= 15 is 0 Å². The van der Waals surface area contributed by atoms with Crippen molar-refractivity contribution in [2.24, 2.45) is 11.7 Å². The fourth-order valence-electron chi connectivity index (χ4n) is 2.68. The van der Waals surface area contributed by atoms with E-state index in [1.54, 1.807) is 12.1 Å². The number of carbonyl (C=O) groups is 1. The van der Waals surface area contributed by atoms with Crippen LogP contribution in [0.5, 0.6) is 0 Å². The Balaban J connectivity index is 2.11. The van der Waals surface area contributed by atoms with E-state index in [1.165, 1.54) is 6.07 Å². The van der Waals surface area contributed by atoms with Gasteiger partial charge < -0.3 is 10.6 Å². The van der Waals surface area contributed by atoms with Crippen LogP contribution in [0.3, 0.4) is 0 Å². The summed E-state index contributed by atoms with van der Waals surface area (Å²) in [6.45, 7) is 3.26. The Kier molecular flexibility index (Phi) is 5.00. The number of rotatable bonds is 3. The fraction of sp³-hybridized carbons (Fsp3) is 0.533. The monoisotopic (exact) mass is 298 g/mol. The number of nitrogens with zero attached hydrogens (tertiary/aromatic N) is 1. The number of piperidine rings is 1. The number of likely N-dealkylation sites (tertiary alicyclic amines) is 1. The fourth-order valence-corrected chi connectivity index (χ4v) is 2.91. The summed E-state index contributed by atoms with van der Waals surface area (Å²) in [6.07, 6.45) is 1.99. The van der Waals surface area contributed by atoms with Crippen molar-refractivity contribution in [2.75, 3.05) is 13.1 Å². The Morgan fingerprint density at radius 2 is 2.25 bits per heavy atom. The summed E-state index contributed by atoms with van der Waals surface area (Å²) in [7, 11) is 0. The third kappa shape index (κ3) is 3.30. The van der Waals surface area contributed by atoms with Crippen molar-refractivity contribution in [3.05, 3.63) is 34.6 Å². The topological polar surface area (TPSA) is 46.3 Å². The zero-order chi connectivity index (χ0) is 14.7. The normalized spacial score (nSPS) is 22.9. The van der Waals surface area contributed by atoms with E-state index in [0.29, 0.717) is 24.0 Å². The largest absolute Gasteiger partial charge is 0.339 e. The Bertz CT molecular complexity index is 475. The number of benzene rings is 1. The van der Waals surface area contributed by atoms with Crippen LogP contribution in [0.2, 0.25) is 5.02 Å². The van der Waals surface area contributed by atoms with E-state index in [9.17, 15) is 9.18 Å². The molecule has 1 aliphatic heterocycles. The number of hydrogen-bond donors (Lipinski definition) is 1. The summed E-state index contributed by atoms with van der Waals surface area (Å²) in [6, 6.07) is 4.65. The highest BCUT2D eigenvalue weighted by Crippen LogP contribution is 2.24. The summed E-state index contributed by atoms with van der Waals surface area (Å²) >= 11 is 5.97. The molecule has 0 bridgehead atoms. The predicted molar refractivity (Wildman–Crippen MR) is 78.1 cm³/mol. The summed E-state index contributed by atoms with van der Waals surface area (Å²) in [5.74, 6) is -0.167. The third-order valence-electron chi connectivity index (χ3n) is 4.02. The molecule has 3 nitrogen and oxygen atoms in total. The summed E-state index contributed by atoms with van der Waals surface area (Å²) in [5, 5.41) is 0.304. The first kappa shape index (κ1) is 15.3. The average Bonchev–Trinajstić information content (AvgIpc) is 2.43. The van der Waals surface area contributed by atoms with Crippen molar-refractivity contribution in [3.8, 4) is 0 Å². The van der Waals surface area contributed by atoms with Crippen LogP contribution in [0.4, 0.5) is 4.39 Å². The van der Waals surface area contributed by atoms with Crippen molar-refractivity contribution >= 4 is 17.5 Å².